The molecule has 50 heavy (non-hydrogen) atoms. The predicted octanol–water partition coefficient (Wildman–Crippen LogP) is 7.97. The molecule has 2 heterocycles. The van der Waals surface area contributed by atoms with E-state index < -0.39 is 54.0 Å². The topological polar surface area (TPSA) is 139 Å². The summed E-state index contributed by atoms with van der Waals surface area (Å²) >= 11 is 0. The fourth-order valence-electron chi connectivity index (χ4n) is 6.77. The largest absolute Gasteiger partial charge is 0.465 e. The minimum atomic E-state index is -0.838. The summed E-state index contributed by atoms with van der Waals surface area (Å²) in [6.07, 6.45) is 1.05. The first-order chi connectivity index (χ1) is 23.4. The number of hydrogen-bond acceptors (Lipinski definition) is 10. The molecule has 2 aromatic heterocycles. The molecule has 0 aliphatic rings. The Hall–Kier alpha value is -3.95. The van der Waals surface area contributed by atoms with Gasteiger partial charge in [0.1, 0.15) is 41.4 Å². The summed E-state index contributed by atoms with van der Waals surface area (Å²) in [6.45, 7) is 24.7. The van der Waals surface area contributed by atoms with Crippen LogP contribution in [0.1, 0.15) is 152 Å². The third kappa shape index (κ3) is 9.63. The maximum atomic E-state index is 13.5. The monoisotopic (exact) mass is 698 g/mol. The van der Waals surface area contributed by atoms with Gasteiger partial charge in [-0.15, -0.1) is 0 Å². The third-order valence-electron chi connectivity index (χ3n) is 9.74. The Balaban J connectivity index is 2.71. The lowest BCUT2D eigenvalue weighted by molar-refractivity contribution is -0.160. The number of carbonyl (C=O) groups excluding carboxylic acids is 3. The molecular formula is C40H58O10. The van der Waals surface area contributed by atoms with E-state index in [0.29, 0.717) is 63.7 Å². The average molecular weight is 699 g/mol. The number of aryl methyl sites for hydroxylation is 1. The van der Waals surface area contributed by atoms with Gasteiger partial charge in [-0.05, 0) is 46.6 Å². The molecule has 0 fully saturated rings. The zero-order chi connectivity index (χ0) is 38.2. The molecule has 7 atom stereocenters. The summed E-state index contributed by atoms with van der Waals surface area (Å²) in [5, 5.41) is 0. The molecule has 10 heteroatoms. The van der Waals surface area contributed by atoms with Crippen molar-refractivity contribution in [1.29, 1.82) is 0 Å². The molecule has 0 radical (unpaired) electrons. The highest BCUT2D eigenvalue weighted by molar-refractivity contribution is 5.70. The van der Waals surface area contributed by atoms with Crippen LogP contribution in [-0.2, 0) is 35.0 Å². The Labute approximate surface area is 297 Å². The van der Waals surface area contributed by atoms with Crippen molar-refractivity contribution in [2.75, 3.05) is 0 Å². The molecule has 0 bridgehead atoms. The quantitative estimate of drug-likeness (QED) is 0.0963. The van der Waals surface area contributed by atoms with E-state index in [0.717, 1.165) is 0 Å². The molecule has 0 saturated heterocycles. The smallest absolute Gasteiger partial charge is 0.306 e. The van der Waals surface area contributed by atoms with Crippen molar-refractivity contribution in [2.24, 2.45) is 5.92 Å². The Bertz CT molecular complexity index is 1680. The molecular weight excluding hydrogens is 640 g/mol. The van der Waals surface area contributed by atoms with Crippen LogP contribution in [0.25, 0.3) is 0 Å². The van der Waals surface area contributed by atoms with Crippen LogP contribution < -0.4 is 10.9 Å². The first kappa shape index (κ1) is 42.2. The molecule has 0 amide bonds. The summed E-state index contributed by atoms with van der Waals surface area (Å²) in [5.41, 5.74) is 2.28. The van der Waals surface area contributed by atoms with Crippen LogP contribution in [0.2, 0.25) is 0 Å². The second kappa shape index (κ2) is 18.3. The highest BCUT2D eigenvalue weighted by Crippen LogP contribution is 2.36. The average Bonchev–Trinajstić information content (AvgIpc) is 3.08. The highest BCUT2D eigenvalue weighted by Gasteiger charge is 2.39. The van der Waals surface area contributed by atoms with Gasteiger partial charge in [-0.1, -0.05) is 61.5 Å². The number of ether oxygens (including phenoxy) is 3. The van der Waals surface area contributed by atoms with Gasteiger partial charge in [0.05, 0.1) is 11.8 Å². The van der Waals surface area contributed by atoms with Crippen molar-refractivity contribution >= 4 is 17.9 Å². The minimum absolute atomic E-state index is 0.121. The molecule has 0 saturated carbocycles. The maximum Gasteiger partial charge on any atom is 0.306 e. The van der Waals surface area contributed by atoms with Gasteiger partial charge >= 0.3 is 17.9 Å². The third-order valence-corrected chi connectivity index (χ3v) is 9.74. The summed E-state index contributed by atoms with van der Waals surface area (Å²) in [4.78, 5) is 64.1. The first-order valence-electron chi connectivity index (χ1n) is 17.9. The van der Waals surface area contributed by atoms with Gasteiger partial charge < -0.3 is 23.0 Å². The van der Waals surface area contributed by atoms with Crippen molar-refractivity contribution in [3.05, 3.63) is 77.4 Å². The Kier molecular flexibility index (Phi) is 15.5. The van der Waals surface area contributed by atoms with Crippen molar-refractivity contribution < 1.29 is 37.4 Å². The molecule has 0 aliphatic carbocycles. The highest BCUT2D eigenvalue weighted by atomic mass is 16.6. The summed E-state index contributed by atoms with van der Waals surface area (Å²) in [6, 6.07) is 0. The van der Waals surface area contributed by atoms with Gasteiger partial charge in [-0.3, -0.25) is 24.0 Å². The predicted molar refractivity (Wildman–Crippen MR) is 193 cm³/mol. The van der Waals surface area contributed by atoms with Crippen LogP contribution in [0.3, 0.4) is 0 Å². The van der Waals surface area contributed by atoms with E-state index in [1.54, 1.807) is 41.5 Å². The van der Waals surface area contributed by atoms with Crippen LogP contribution in [0.15, 0.2) is 30.1 Å². The first-order valence-corrected chi connectivity index (χ1v) is 17.9. The van der Waals surface area contributed by atoms with Crippen molar-refractivity contribution in [1.82, 2.24) is 0 Å². The lowest BCUT2D eigenvalue weighted by atomic mass is 9.83. The Morgan fingerprint density at radius 1 is 0.680 bits per heavy atom. The lowest BCUT2D eigenvalue weighted by Crippen LogP contribution is -2.40. The van der Waals surface area contributed by atoms with Crippen LogP contribution in [0.4, 0.5) is 0 Å². The SMILES string of the molecule is CCC(=O)O[C@H]([C@@H](C)[C@@H](OC(=O)CC)/C(C)=C/[C@H](C)c1oc([C@@H](C)[C@H](CC)OC(C)=O)c(C)c(=O)c1C)[C@@H](C)c1oc(CC)c(C)c(=O)c1C. The summed E-state index contributed by atoms with van der Waals surface area (Å²) < 4.78 is 30.4. The van der Waals surface area contributed by atoms with Gasteiger partial charge in [0.25, 0.3) is 0 Å². The molecule has 278 valence electrons. The van der Waals surface area contributed by atoms with E-state index in [4.69, 9.17) is 23.0 Å². The molecule has 10 nitrogen and oxygen atoms in total. The molecule has 0 spiro atoms. The Morgan fingerprint density at radius 3 is 1.68 bits per heavy atom. The molecule has 2 aromatic rings. The van der Waals surface area contributed by atoms with Gasteiger partial charge in [0, 0.05) is 60.3 Å². The van der Waals surface area contributed by atoms with E-state index in [-0.39, 0.29) is 29.6 Å². The number of hydrogen-bond donors (Lipinski definition) is 0. The van der Waals surface area contributed by atoms with Gasteiger partial charge in [-0.25, -0.2) is 0 Å². The van der Waals surface area contributed by atoms with E-state index in [2.05, 4.69) is 0 Å². The number of allylic oxidation sites excluding steroid dienone is 1. The number of esters is 3. The van der Waals surface area contributed by atoms with Crippen molar-refractivity contribution in [3.63, 3.8) is 0 Å². The van der Waals surface area contributed by atoms with Crippen LogP contribution >= 0.6 is 0 Å². The summed E-state index contributed by atoms with van der Waals surface area (Å²) in [5.74, 6) is -1.35. The summed E-state index contributed by atoms with van der Waals surface area (Å²) in [7, 11) is 0. The molecule has 2 rings (SSSR count). The van der Waals surface area contributed by atoms with E-state index in [9.17, 15) is 24.0 Å². The zero-order valence-corrected chi connectivity index (χ0v) is 32.5. The second-order valence-corrected chi connectivity index (χ2v) is 13.5. The fourth-order valence-corrected chi connectivity index (χ4v) is 6.77. The van der Waals surface area contributed by atoms with Crippen LogP contribution in [0, 0.1) is 33.6 Å². The number of rotatable bonds is 16. The van der Waals surface area contributed by atoms with Crippen LogP contribution in [-0.4, -0.2) is 36.2 Å². The van der Waals surface area contributed by atoms with Gasteiger partial charge in [0.15, 0.2) is 10.9 Å². The van der Waals surface area contributed by atoms with E-state index >= 15 is 0 Å². The van der Waals surface area contributed by atoms with Crippen molar-refractivity contribution in [2.45, 2.75) is 159 Å². The normalized spacial score (nSPS) is 16.1. The van der Waals surface area contributed by atoms with E-state index in [1.165, 1.54) is 6.92 Å². The lowest BCUT2D eigenvalue weighted by Gasteiger charge is -2.35. The molecule has 0 N–H and O–H groups in total. The maximum absolute atomic E-state index is 13.5. The van der Waals surface area contributed by atoms with Crippen molar-refractivity contribution in [3.8, 4) is 0 Å². The molecule has 0 unspecified atom stereocenters. The Morgan fingerprint density at radius 2 is 1.18 bits per heavy atom. The molecule has 0 aromatic carbocycles. The zero-order valence-electron chi connectivity index (χ0n) is 32.5. The minimum Gasteiger partial charge on any atom is -0.465 e. The standard InChI is InChI=1S/C40H58O10/c1-15-30-22(7)34(44)25(10)39(47-30)28(13)40(49-33(43)18-4)27(12)37(48-32(42)17-3)21(6)19-20(5)36-24(9)35(45)26(11)38(50-36)23(8)31(16-2)46-29(14)41/h19-20,23,27-28,31,37,40H,15-18H2,1-14H3/b21-19+/t20-,23-,27-,28-,31-,37-,40+/m0/s1. The number of carbonyl (C=O) groups is 3. The second-order valence-electron chi connectivity index (χ2n) is 13.5. The molecule has 0 aliphatic heterocycles. The fraction of sp³-hybridized carbons (Fsp3) is 0.625. The van der Waals surface area contributed by atoms with Crippen LogP contribution in [0.5, 0.6) is 0 Å². The van der Waals surface area contributed by atoms with Gasteiger partial charge in [-0.2, -0.15) is 0 Å². The van der Waals surface area contributed by atoms with Gasteiger partial charge in [0.2, 0.25) is 0 Å². The van der Waals surface area contributed by atoms with E-state index in [1.807, 2.05) is 54.5 Å².